The van der Waals surface area contributed by atoms with Gasteiger partial charge in [0.15, 0.2) is 0 Å². The van der Waals surface area contributed by atoms with Crippen molar-refractivity contribution < 1.29 is 0 Å². The van der Waals surface area contributed by atoms with E-state index in [-0.39, 0.29) is 0 Å². The maximum atomic E-state index is 5.68. The van der Waals surface area contributed by atoms with E-state index in [2.05, 4.69) is 36.1 Å². The zero-order valence-corrected chi connectivity index (χ0v) is 11.9. The van der Waals surface area contributed by atoms with E-state index < -0.39 is 0 Å². The molecule has 0 unspecified atom stereocenters. The topological polar surface area (TPSA) is 67.1 Å². The second kappa shape index (κ2) is 6.42. The summed E-state index contributed by atoms with van der Waals surface area (Å²) < 4.78 is 0.745. The predicted molar refractivity (Wildman–Crippen MR) is 76.4 cm³/mol. The van der Waals surface area contributed by atoms with Gasteiger partial charge in [0, 0.05) is 37.7 Å². The van der Waals surface area contributed by atoms with Gasteiger partial charge in [0.05, 0.1) is 0 Å². The number of nitrogens with one attached hydrogen (secondary N) is 1. The highest BCUT2D eigenvalue weighted by molar-refractivity contribution is 9.10. The van der Waals surface area contributed by atoms with Crippen molar-refractivity contribution >= 4 is 39.3 Å². The molecule has 0 bridgehead atoms. The molecule has 1 aromatic heterocycles. The van der Waals surface area contributed by atoms with Crippen LogP contribution in [-0.4, -0.2) is 52.6 Å². The Morgan fingerprint density at radius 1 is 1.41 bits per heavy atom. The fourth-order valence-electron chi connectivity index (χ4n) is 1.66. The number of nitrogens with two attached hydrogens (primary N) is 1. The standard InChI is InChI=1S/C10H16BrN5S/c11-8-9(12)14-7-15-10(8)13-1-2-16-3-5-17-6-4-16/h7H,1-6H2,(H3,12,13,14,15). The third-order valence-electron chi connectivity index (χ3n) is 2.64. The largest absolute Gasteiger partial charge is 0.383 e. The highest BCUT2D eigenvalue weighted by Gasteiger charge is 2.10. The molecular weight excluding hydrogens is 302 g/mol. The van der Waals surface area contributed by atoms with Crippen LogP contribution in [0.4, 0.5) is 11.6 Å². The molecule has 1 saturated heterocycles. The lowest BCUT2D eigenvalue weighted by molar-refractivity contribution is 0.314. The van der Waals surface area contributed by atoms with Gasteiger partial charge in [0.1, 0.15) is 22.4 Å². The number of rotatable bonds is 4. The molecule has 0 spiro atoms. The molecule has 0 aliphatic carbocycles. The summed E-state index contributed by atoms with van der Waals surface area (Å²) in [7, 11) is 0. The summed E-state index contributed by atoms with van der Waals surface area (Å²) in [5, 5.41) is 3.27. The van der Waals surface area contributed by atoms with Crippen molar-refractivity contribution in [1.82, 2.24) is 14.9 Å². The van der Waals surface area contributed by atoms with Gasteiger partial charge >= 0.3 is 0 Å². The summed E-state index contributed by atoms with van der Waals surface area (Å²) >= 11 is 5.40. The van der Waals surface area contributed by atoms with Crippen LogP contribution < -0.4 is 11.1 Å². The van der Waals surface area contributed by atoms with E-state index >= 15 is 0 Å². The van der Waals surface area contributed by atoms with E-state index in [0.29, 0.717) is 5.82 Å². The Morgan fingerprint density at radius 2 is 2.18 bits per heavy atom. The normalized spacial score (nSPS) is 17.0. The van der Waals surface area contributed by atoms with Crippen LogP contribution in [0.25, 0.3) is 0 Å². The first-order valence-corrected chi connectivity index (χ1v) is 7.52. The van der Waals surface area contributed by atoms with Crippen LogP contribution in [0.5, 0.6) is 0 Å². The van der Waals surface area contributed by atoms with E-state index in [1.54, 1.807) is 0 Å². The van der Waals surface area contributed by atoms with Crippen LogP contribution in [0.1, 0.15) is 0 Å². The maximum Gasteiger partial charge on any atom is 0.145 e. The summed E-state index contributed by atoms with van der Waals surface area (Å²) in [5.74, 6) is 3.72. The Hall–Kier alpha value is -0.530. The average Bonchev–Trinajstić information content (AvgIpc) is 2.36. The first-order chi connectivity index (χ1) is 8.27. The van der Waals surface area contributed by atoms with Gasteiger partial charge in [-0.05, 0) is 15.9 Å². The smallest absolute Gasteiger partial charge is 0.145 e. The maximum absolute atomic E-state index is 5.68. The van der Waals surface area contributed by atoms with Gasteiger partial charge in [-0.15, -0.1) is 0 Å². The van der Waals surface area contributed by atoms with Crippen molar-refractivity contribution in [2.24, 2.45) is 0 Å². The minimum absolute atomic E-state index is 0.469. The van der Waals surface area contributed by atoms with E-state index in [1.807, 2.05) is 11.8 Å². The second-order valence-electron chi connectivity index (χ2n) is 3.80. The van der Waals surface area contributed by atoms with Gasteiger partial charge in [-0.3, -0.25) is 4.90 Å². The number of aromatic nitrogens is 2. The second-order valence-corrected chi connectivity index (χ2v) is 5.82. The molecule has 1 aliphatic heterocycles. The number of hydrogen-bond donors (Lipinski definition) is 2. The summed E-state index contributed by atoms with van der Waals surface area (Å²) in [4.78, 5) is 10.5. The highest BCUT2D eigenvalue weighted by Crippen LogP contribution is 2.23. The Kier molecular flexibility index (Phi) is 4.87. The zero-order valence-electron chi connectivity index (χ0n) is 9.53. The van der Waals surface area contributed by atoms with Crippen molar-refractivity contribution in [3.8, 4) is 0 Å². The number of anilines is 2. The Morgan fingerprint density at radius 3 is 2.94 bits per heavy atom. The van der Waals surface area contributed by atoms with Crippen molar-refractivity contribution in [1.29, 1.82) is 0 Å². The molecular formula is C10H16BrN5S. The molecule has 5 nitrogen and oxygen atoms in total. The summed E-state index contributed by atoms with van der Waals surface area (Å²) in [6.07, 6.45) is 1.47. The summed E-state index contributed by atoms with van der Waals surface area (Å²) in [6.45, 7) is 4.27. The van der Waals surface area contributed by atoms with Gasteiger partial charge in [-0.2, -0.15) is 11.8 Å². The zero-order chi connectivity index (χ0) is 12.1. The first-order valence-electron chi connectivity index (χ1n) is 5.57. The molecule has 1 aliphatic rings. The Labute approximate surface area is 114 Å². The first kappa shape index (κ1) is 12.9. The molecule has 1 aromatic rings. The molecule has 94 valence electrons. The van der Waals surface area contributed by atoms with E-state index in [0.717, 1.165) is 23.4 Å². The number of hydrogen-bond acceptors (Lipinski definition) is 6. The van der Waals surface area contributed by atoms with Gasteiger partial charge < -0.3 is 11.1 Å². The molecule has 1 fully saturated rings. The number of halogens is 1. The fourth-order valence-corrected chi connectivity index (χ4v) is 2.99. The quantitative estimate of drug-likeness (QED) is 0.872. The van der Waals surface area contributed by atoms with Gasteiger partial charge in [0.2, 0.25) is 0 Å². The Balaban J connectivity index is 1.79. The van der Waals surface area contributed by atoms with E-state index in [4.69, 9.17) is 5.73 Å². The van der Waals surface area contributed by atoms with E-state index in [9.17, 15) is 0 Å². The molecule has 7 heteroatoms. The lowest BCUT2D eigenvalue weighted by Gasteiger charge is -2.26. The molecule has 0 saturated carbocycles. The molecule has 0 amide bonds. The Bertz CT molecular complexity index is 370. The SMILES string of the molecule is Nc1ncnc(NCCN2CCSCC2)c1Br. The minimum Gasteiger partial charge on any atom is -0.383 e. The molecule has 2 rings (SSSR count). The van der Waals surface area contributed by atoms with Crippen LogP contribution in [0.2, 0.25) is 0 Å². The summed E-state index contributed by atoms with van der Waals surface area (Å²) in [5.41, 5.74) is 5.68. The van der Waals surface area contributed by atoms with Crippen LogP contribution in [-0.2, 0) is 0 Å². The van der Waals surface area contributed by atoms with Gasteiger partial charge in [-0.1, -0.05) is 0 Å². The third kappa shape index (κ3) is 3.72. The van der Waals surface area contributed by atoms with Crippen molar-refractivity contribution in [2.45, 2.75) is 0 Å². The lowest BCUT2D eigenvalue weighted by atomic mass is 10.4. The number of nitrogen functional groups attached to an aromatic ring is 1. The minimum atomic E-state index is 0.469. The van der Waals surface area contributed by atoms with Crippen LogP contribution >= 0.6 is 27.7 Å². The van der Waals surface area contributed by atoms with Crippen molar-refractivity contribution in [3.63, 3.8) is 0 Å². The molecule has 3 N–H and O–H groups in total. The third-order valence-corrected chi connectivity index (χ3v) is 4.36. The van der Waals surface area contributed by atoms with Crippen LogP contribution in [0.15, 0.2) is 10.8 Å². The summed E-state index contributed by atoms with van der Waals surface area (Å²) in [6, 6.07) is 0. The monoisotopic (exact) mass is 317 g/mol. The van der Waals surface area contributed by atoms with Crippen LogP contribution in [0, 0.1) is 0 Å². The molecule has 17 heavy (non-hydrogen) atoms. The van der Waals surface area contributed by atoms with Crippen molar-refractivity contribution in [2.75, 3.05) is 48.7 Å². The predicted octanol–water partition coefficient (Wildman–Crippen LogP) is 1.28. The molecule has 0 aromatic carbocycles. The molecule has 0 radical (unpaired) electrons. The highest BCUT2D eigenvalue weighted by atomic mass is 79.9. The number of nitrogens with zero attached hydrogens (tertiary/aromatic N) is 3. The molecule has 2 heterocycles. The van der Waals surface area contributed by atoms with Crippen molar-refractivity contribution in [3.05, 3.63) is 10.8 Å². The van der Waals surface area contributed by atoms with Gasteiger partial charge in [0.25, 0.3) is 0 Å². The fraction of sp³-hybridized carbons (Fsp3) is 0.600. The molecule has 0 atom stereocenters. The van der Waals surface area contributed by atoms with Gasteiger partial charge in [-0.25, -0.2) is 9.97 Å². The van der Waals surface area contributed by atoms with E-state index in [1.165, 1.54) is 30.9 Å². The number of thioether (sulfide) groups is 1. The lowest BCUT2D eigenvalue weighted by Crippen LogP contribution is -2.36. The van der Waals surface area contributed by atoms with Crippen LogP contribution in [0.3, 0.4) is 0 Å². The average molecular weight is 318 g/mol.